The summed E-state index contributed by atoms with van der Waals surface area (Å²) in [6, 6.07) is 9.42. The Bertz CT molecular complexity index is 622. The van der Waals surface area contributed by atoms with E-state index in [1.807, 2.05) is 37.3 Å². The van der Waals surface area contributed by atoms with E-state index in [1.165, 1.54) is 0 Å². The smallest absolute Gasteiger partial charge is 0.232 e. The van der Waals surface area contributed by atoms with Crippen molar-refractivity contribution in [2.45, 2.75) is 26.2 Å². The Balaban J connectivity index is 1.63. The summed E-state index contributed by atoms with van der Waals surface area (Å²) in [6.07, 6.45) is 5.87. The fraction of sp³-hybridized carbons (Fsp3) is 0.312. The van der Waals surface area contributed by atoms with Crippen molar-refractivity contribution in [3.63, 3.8) is 0 Å². The zero-order valence-corrected chi connectivity index (χ0v) is 11.9. The van der Waals surface area contributed by atoms with Crippen molar-refractivity contribution < 1.29 is 9.53 Å². The number of rotatable bonds is 5. The van der Waals surface area contributed by atoms with Gasteiger partial charge in [0.05, 0.1) is 12.4 Å². The zero-order valence-electron chi connectivity index (χ0n) is 11.9. The highest BCUT2D eigenvalue weighted by Gasteiger charge is 2.48. The molecule has 1 aliphatic rings. The van der Waals surface area contributed by atoms with Gasteiger partial charge < -0.3 is 4.74 Å². The van der Waals surface area contributed by atoms with Gasteiger partial charge in [-0.15, -0.1) is 0 Å². The molecule has 1 fully saturated rings. The van der Waals surface area contributed by atoms with Gasteiger partial charge in [-0.3, -0.25) is 10.1 Å². The number of aromatic nitrogens is 2. The van der Waals surface area contributed by atoms with Gasteiger partial charge in [0.1, 0.15) is 5.75 Å². The van der Waals surface area contributed by atoms with Crippen molar-refractivity contribution in [3.05, 3.63) is 42.7 Å². The van der Waals surface area contributed by atoms with Gasteiger partial charge in [0.25, 0.3) is 0 Å². The van der Waals surface area contributed by atoms with E-state index in [0.717, 1.165) is 25.0 Å². The molecule has 1 saturated carbocycles. The van der Waals surface area contributed by atoms with E-state index in [9.17, 15) is 4.79 Å². The van der Waals surface area contributed by atoms with Gasteiger partial charge in [-0.1, -0.05) is 25.1 Å². The number of benzene rings is 1. The fourth-order valence-electron chi connectivity index (χ4n) is 2.18. The lowest BCUT2D eigenvalue weighted by molar-refractivity contribution is -0.121. The molecule has 0 saturated heterocycles. The molecule has 0 atom stereocenters. The SMILES string of the molecule is CCC1(C(=O)Nc2ncc(Oc3ccccc3)cn2)CC1. The van der Waals surface area contributed by atoms with Gasteiger partial charge in [0.15, 0.2) is 5.75 Å². The van der Waals surface area contributed by atoms with Crippen molar-refractivity contribution in [3.8, 4) is 11.5 Å². The van der Waals surface area contributed by atoms with Crippen LogP contribution >= 0.6 is 0 Å². The lowest BCUT2D eigenvalue weighted by Crippen LogP contribution is -2.24. The molecule has 1 amide bonds. The number of amides is 1. The minimum Gasteiger partial charge on any atom is -0.454 e. The van der Waals surface area contributed by atoms with Crippen LogP contribution in [-0.4, -0.2) is 15.9 Å². The molecule has 1 aromatic heterocycles. The average Bonchev–Trinajstić information content (AvgIpc) is 3.31. The second-order valence-electron chi connectivity index (χ2n) is 5.25. The molecule has 108 valence electrons. The van der Waals surface area contributed by atoms with E-state index in [0.29, 0.717) is 11.7 Å². The van der Waals surface area contributed by atoms with E-state index >= 15 is 0 Å². The fourth-order valence-corrected chi connectivity index (χ4v) is 2.18. The maximum absolute atomic E-state index is 12.1. The third kappa shape index (κ3) is 3.02. The standard InChI is InChI=1S/C16H17N3O2/c1-2-16(8-9-16)14(20)19-15-17-10-13(11-18-15)21-12-6-4-3-5-7-12/h3-7,10-11H,2,8-9H2,1H3,(H,17,18,19,20). The summed E-state index contributed by atoms with van der Waals surface area (Å²) in [5, 5.41) is 2.77. The monoisotopic (exact) mass is 283 g/mol. The highest BCUT2D eigenvalue weighted by atomic mass is 16.5. The molecule has 1 aromatic carbocycles. The van der Waals surface area contributed by atoms with Crippen LogP contribution in [0.5, 0.6) is 11.5 Å². The Kier molecular flexibility index (Phi) is 3.56. The van der Waals surface area contributed by atoms with Gasteiger partial charge in [0.2, 0.25) is 11.9 Å². The van der Waals surface area contributed by atoms with Crippen LogP contribution in [0.1, 0.15) is 26.2 Å². The molecule has 0 spiro atoms. The van der Waals surface area contributed by atoms with Gasteiger partial charge >= 0.3 is 0 Å². The Hall–Kier alpha value is -2.43. The Morgan fingerprint density at radius 2 is 1.86 bits per heavy atom. The summed E-state index contributed by atoms with van der Waals surface area (Å²) in [5.74, 6) is 1.60. The molecule has 0 unspecified atom stereocenters. The molecule has 0 aliphatic heterocycles. The van der Waals surface area contributed by atoms with Gasteiger partial charge in [0, 0.05) is 5.41 Å². The third-order valence-electron chi connectivity index (χ3n) is 3.84. The van der Waals surface area contributed by atoms with Crippen LogP contribution in [0.4, 0.5) is 5.95 Å². The van der Waals surface area contributed by atoms with Crippen LogP contribution in [-0.2, 0) is 4.79 Å². The van der Waals surface area contributed by atoms with E-state index < -0.39 is 0 Å². The number of carbonyl (C=O) groups is 1. The van der Waals surface area contributed by atoms with Crippen LogP contribution in [0.2, 0.25) is 0 Å². The number of hydrogen-bond acceptors (Lipinski definition) is 4. The van der Waals surface area contributed by atoms with E-state index in [-0.39, 0.29) is 11.3 Å². The second kappa shape index (κ2) is 5.52. The first kappa shape index (κ1) is 13.5. The average molecular weight is 283 g/mol. The number of nitrogens with zero attached hydrogens (tertiary/aromatic N) is 2. The predicted molar refractivity (Wildman–Crippen MR) is 79.1 cm³/mol. The molecule has 5 heteroatoms. The Morgan fingerprint density at radius 3 is 2.43 bits per heavy atom. The van der Waals surface area contributed by atoms with Crippen LogP contribution < -0.4 is 10.1 Å². The number of para-hydroxylation sites is 1. The number of anilines is 1. The summed E-state index contributed by atoms with van der Waals surface area (Å²) in [7, 11) is 0. The van der Waals surface area contributed by atoms with Crippen molar-refractivity contribution in [2.24, 2.45) is 5.41 Å². The normalized spacial score (nSPS) is 15.3. The van der Waals surface area contributed by atoms with E-state index in [1.54, 1.807) is 12.4 Å². The largest absolute Gasteiger partial charge is 0.454 e. The van der Waals surface area contributed by atoms with Crippen molar-refractivity contribution in [1.82, 2.24) is 9.97 Å². The van der Waals surface area contributed by atoms with Gasteiger partial charge in [-0.2, -0.15) is 0 Å². The highest BCUT2D eigenvalue weighted by Crippen LogP contribution is 2.49. The maximum Gasteiger partial charge on any atom is 0.232 e. The van der Waals surface area contributed by atoms with Crippen molar-refractivity contribution in [2.75, 3.05) is 5.32 Å². The number of carbonyl (C=O) groups excluding carboxylic acids is 1. The highest BCUT2D eigenvalue weighted by molar-refractivity contribution is 5.95. The molecule has 1 heterocycles. The lowest BCUT2D eigenvalue weighted by atomic mass is 10.0. The molecule has 1 aliphatic carbocycles. The maximum atomic E-state index is 12.1. The number of hydrogen-bond donors (Lipinski definition) is 1. The summed E-state index contributed by atoms with van der Waals surface area (Å²) in [6.45, 7) is 2.03. The molecular formula is C16H17N3O2. The summed E-state index contributed by atoms with van der Waals surface area (Å²) < 4.78 is 5.60. The van der Waals surface area contributed by atoms with Crippen LogP contribution in [0.25, 0.3) is 0 Å². The topological polar surface area (TPSA) is 64.1 Å². The van der Waals surface area contributed by atoms with Crippen molar-refractivity contribution >= 4 is 11.9 Å². The summed E-state index contributed by atoms with van der Waals surface area (Å²) in [5.41, 5.74) is -0.192. The summed E-state index contributed by atoms with van der Waals surface area (Å²) in [4.78, 5) is 20.3. The molecule has 21 heavy (non-hydrogen) atoms. The first-order valence-corrected chi connectivity index (χ1v) is 7.08. The first-order valence-electron chi connectivity index (χ1n) is 7.08. The van der Waals surface area contributed by atoms with Gasteiger partial charge in [-0.25, -0.2) is 9.97 Å². The Morgan fingerprint density at radius 1 is 1.19 bits per heavy atom. The zero-order chi connectivity index (χ0) is 14.7. The quantitative estimate of drug-likeness (QED) is 0.913. The first-order chi connectivity index (χ1) is 10.2. The number of ether oxygens (including phenoxy) is 1. The third-order valence-corrected chi connectivity index (χ3v) is 3.84. The molecule has 5 nitrogen and oxygen atoms in total. The molecule has 2 aromatic rings. The minimum atomic E-state index is -0.192. The molecule has 3 rings (SSSR count). The second-order valence-corrected chi connectivity index (χ2v) is 5.25. The van der Waals surface area contributed by atoms with Crippen LogP contribution in [0, 0.1) is 5.41 Å². The molecule has 0 radical (unpaired) electrons. The van der Waals surface area contributed by atoms with Crippen LogP contribution in [0.15, 0.2) is 42.7 Å². The minimum absolute atomic E-state index is 0.0155. The van der Waals surface area contributed by atoms with E-state index in [2.05, 4.69) is 15.3 Å². The van der Waals surface area contributed by atoms with Crippen LogP contribution in [0.3, 0.4) is 0 Å². The summed E-state index contributed by atoms with van der Waals surface area (Å²) >= 11 is 0. The Labute approximate surface area is 123 Å². The predicted octanol–water partition coefficient (Wildman–Crippen LogP) is 3.40. The molecule has 0 bridgehead atoms. The van der Waals surface area contributed by atoms with E-state index in [4.69, 9.17) is 4.74 Å². The van der Waals surface area contributed by atoms with Crippen molar-refractivity contribution in [1.29, 1.82) is 0 Å². The van der Waals surface area contributed by atoms with Gasteiger partial charge in [-0.05, 0) is 31.4 Å². The molecule has 1 N–H and O–H groups in total. The lowest BCUT2D eigenvalue weighted by Gasteiger charge is -2.11. The molecular weight excluding hydrogens is 266 g/mol. The number of nitrogens with one attached hydrogen (secondary N) is 1.